The molecule has 14 heteroatoms. The number of benzene rings is 2. The van der Waals surface area contributed by atoms with Crippen LogP contribution in [0.4, 0.5) is 32.0 Å². The largest absolute Gasteiger partial charge is 0.573 e. The van der Waals surface area contributed by atoms with E-state index in [1.807, 2.05) is 0 Å². The Morgan fingerprint density at radius 1 is 1.11 bits per heavy atom. The van der Waals surface area contributed by atoms with Crippen LogP contribution in [-0.4, -0.2) is 48.7 Å². The summed E-state index contributed by atoms with van der Waals surface area (Å²) in [4.78, 5) is 25.4. The van der Waals surface area contributed by atoms with Crippen molar-refractivity contribution in [2.75, 3.05) is 25.0 Å². The molecule has 0 spiro atoms. The van der Waals surface area contributed by atoms with Crippen LogP contribution in [0.1, 0.15) is 25.0 Å². The maximum atomic E-state index is 13.1. The average molecular weight is 552 g/mol. The normalized spacial score (nSPS) is 17.9. The first-order valence-electron chi connectivity index (χ1n) is 10.7. The first-order valence-corrected chi connectivity index (χ1v) is 11.0. The van der Waals surface area contributed by atoms with E-state index >= 15 is 0 Å². The monoisotopic (exact) mass is 551 g/mol. The van der Waals surface area contributed by atoms with Crippen LogP contribution in [0.2, 0.25) is 5.02 Å². The van der Waals surface area contributed by atoms with E-state index in [-0.39, 0.29) is 18.8 Å². The standard InChI is InChI=1S/C23H20ClF6N3O4/c1-3-36-20(35)21(2)12-33(32-19(21)13-4-6-14(24)7-5-13)11-18(34)31-15-8-9-16(22(25,26)27)17(10-15)37-23(28,29)30/h4-10H,3,11-12H2,1-2H3,(H,31,34). The van der Waals surface area contributed by atoms with Gasteiger partial charge in [-0.3, -0.25) is 14.6 Å². The molecule has 2 aromatic rings. The van der Waals surface area contributed by atoms with Crippen LogP contribution in [0.3, 0.4) is 0 Å². The first-order chi connectivity index (χ1) is 17.1. The summed E-state index contributed by atoms with van der Waals surface area (Å²) in [7, 11) is 0. The van der Waals surface area contributed by atoms with Crippen molar-refractivity contribution in [2.24, 2.45) is 10.5 Å². The Hall–Kier alpha value is -3.48. The van der Waals surface area contributed by atoms with Crippen LogP contribution in [0.15, 0.2) is 47.6 Å². The van der Waals surface area contributed by atoms with E-state index < -0.39 is 47.7 Å². The van der Waals surface area contributed by atoms with Gasteiger partial charge in [-0.25, -0.2) is 0 Å². The second-order valence-corrected chi connectivity index (χ2v) is 8.57. The summed E-state index contributed by atoms with van der Waals surface area (Å²) in [5, 5.41) is 8.27. The predicted molar refractivity (Wildman–Crippen MR) is 121 cm³/mol. The molecular weight excluding hydrogens is 532 g/mol. The number of carbonyl (C=O) groups excluding carboxylic acids is 2. The third-order valence-electron chi connectivity index (χ3n) is 5.23. The zero-order valence-electron chi connectivity index (χ0n) is 19.3. The lowest BCUT2D eigenvalue weighted by Gasteiger charge is -2.24. The van der Waals surface area contributed by atoms with Gasteiger partial charge < -0.3 is 14.8 Å². The van der Waals surface area contributed by atoms with E-state index in [1.54, 1.807) is 38.1 Å². The number of rotatable bonds is 7. The zero-order valence-corrected chi connectivity index (χ0v) is 20.1. The van der Waals surface area contributed by atoms with Gasteiger partial charge >= 0.3 is 18.5 Å². The molecule has 0 aliphatic carbocycles. The van der Waals surface area contributed by atoms with Gasteiger partial charge in [-0.1, -0.05) is 23.7 Å². The maximum Gasteiger partial charge on any atom is 0.573 e. The molecule has 1 heterocycles. The fourth-order valence-corrected chi connectivity index (χ4v) is 3.79. The molecule has 0 aromatic heterocycles. The summed E-state index contributed by atoms with van der Waals surface area (Å²) in [5.74, 6) is -2.93. The van der Waals surface area contributed by atoms with Crippen molar-refractivity contribution < 1.29 is 45.4 Å². The molecule has 1 unspecified atom stereocenters. The molecule has 1 atom stereocenters. The number of halogens is 7. The van der Waals surface area contributed by atoms with E-state index in [0.29, 0.717) is 28.4 Å². The summed E-state index contributed by atoms with van der Waals surface area (Å²) in [6.45, 7) is 2.75. The number of nitrogens with zero attached hydrogens (tertiary/aromatic N) is 2. The summed E-state index contributed by atoms with van der Waals surface area (Å²) < 4.78 is 85.8. The number of anilines is 1. The Morgan fingerprint density at radius 2 is 1.76 bits per heavy atom. The lowest BCUT2D eigenvalue weighted by Crippen LogP contribution is -2.41. The number of alkyl halides is 6. The second-order valence-electron chi connectivity index (χ2n) is 8.14. The van der Waals surface area contributed by atoms with Crippen molar-refractivity contribution in [1.29, 1.82) is 0 Å². The van der Waals surface area contributed by atoms with E-state index in [2.05, 4.69) is 15.2 Å². The van der Waals surface area contributed by atoms with Gasteiger partial charge in [0, 0.05) is 16.8 Å². The van der Waals surface area contributed by atoms with Crippen LogP contribution in [0, 0.1) is 5.41 Å². The fourth-order valence-electron chi connectivity index (χ4n) is 3.66. The van der Waals surface area contributed by atoms with Crippen LogP contribution in [-0.2, 0) is 20.5 Å². The minimum absolute atomic E-state index is 0.0767. The predicted octanol–water partition coefficient (Wildman–Crippen LogP) is 5.49. The Kier molecular flexibility index (Phi) is 7.96. The Bertz CT molecular complexity index is 1200. The topological polar surface area (TPSA) is 80.2 Å². The number of ether oxygens (including phenoxy) is 2. The molecule has 1 aliphatic heterocycles. The van der Waals surface area contributed by atoms with E-state index in [9.17, 15) is 35.9 Å². The maximum absolute atomic E-state index is 13.1. The second kappa shape index (κ2) is 10.5. The van der Waals surface area contributed by atoms with Gasteiger partial charge in [0.15, 0.2) is 0 Å². The zero-order chi connectivity index (χ0) is 27.6. The number of hydrazone groups is 1. The molecule has 0 radical (unpaired) electrons. The van der Waals surface area contributed by atoms with Crippen LogP contribution in [0.5, 0.6) is 5.75 Å². The minimum Gasteiger partial charge on any atom is -0.465 e. The highest BCUT2D eigenvalue weighted by Crippen LogP contribution is 2.40. The van der Waals surface area contributed by atoms with Crippen LogP contribution in [0.25, 0.3) is 0 Å². The van der Waals surface area contributed by atoms with Gasteiger partial charge in [-0.05, 0) is 43.7 Å². The highest BCUT2D eigenvalue weighted by Gasteiger charge is 2.47. The molecule has 7 nitrogen and oxygen atoms in total. The molecule has 0 saturated carbocycles. The lowest BCUT2D eigenvalue weighted by molar-refractivity contribution is -0.276. The van der Waals surface area contributed by atoms with Crippen LogP contribution >= 0.6 is 11.6 Å². The molecule has 0 saturated heterocycles. The molecule has 1 amide bonds. The van der Waals surface area contributed by atoms with Gasteiger partial charge in [0.1, 0.15) is 17.7 Å². The molecule has 1 aliphatic rings. The minimum atomic E-state index is -5.39. The lowest BCUT2D eigenvalue weighted by atomic mass is 9.82. The van der Waals surface area contributed by atoms with E-state index in [4.69, 9.17) is 16.3 Å². The molecule has 3 rings (SSSR count). The highest BCUT2D eigenvalue weighted by atomic mass is 35.5. The number of carbonyl (C=O) groups is 2. The third-order valence-corrected chi connectivity index (χ3v) is 5.48. The van der Waals surface area contributed by atoms with Crippen LogP contribution < -0.4 is 10.1 Å². The fraction of sp³-hybridized carbons (Fsp3) is 0.348. The summed E-state index contributed by atoms with van der Waals surface area (Å²) in [6.07, 6.45) is -10.5. The average Bonchev–Trinajstić information content (AvgIpc) is 3.09. The van der Waals surface area contributed by atoms with Gasteiger partial charge in [-0.15, -0.1) is 13.2 Å². The number of amides is 1. The third kappa shape index (κ3) is 6.85. The van der Waals surface area contributed by atoms with Crippen molar-refractivity contribution in [3.63, 3.8) is 0 Å². The Labute approximate surface area is 212 Å². The van der Waals surface area contributed by atoms with Crippen molar-refractivity contribution in [3.8, 4) is 5.75 Å². The van der Waals surface area contributed by atoms with Crippen molar-refractivity contribution >= 4 is 34.9 Å². The summed E-state index contributed by atoms with van der Waals surface area (Å²) in [5.41, 5.74) is -2.46. The summed E-state index contributed by atoms with van der Waals surface area (Å²) in [6, 6.07) is 8.01. The van der Waals surface area contributed by atoms with Gasteiger partial charge in [0.25, 0.3) is 0 Å². The molecule has 2 aromatic carbocycles. The van der Waals surface area contributed by atoms with Gasteiger partial charge in [-0.2, -0.15) is 18.3 Å². The highest BCUT2D eigenvalue weighted by molar-refractivity contribution is 6.30. The number of hydrogen-bond donors (Lipinski definition) is 1. The smallest absolute Gasteiger partial charge is 0.465 e. The SMILES string of the molecule is CCOC(=O)C1(C)CN(CC(=O)Nc2ccc(C(F)(F)F)c(OC(F)(F)F)c2)N=C1c1ccc(Cl)cc1. The molecule has 0 bridgehead atoms. The molecule has 37 heavy (non-hydrogen) atoms. The number of nitrogens with one attached hydrogen (secondary N) is 1. The first kappa shape index (κ1) is 28.1. The number of hydrogen-bond acceptors (Lipinski definition) is 6. The molecular formula is C23H20ClF6N3O4. The Balaban J connectivity index is 1.83. The number of esters is 1. The van der Waals surface area contributed by atoms with Crippen molar-refractivity contribution in [3.05, 3.63) is 58.6 Å². The quantitative estimate of drug-likeness (QED) is 0.364. The van der Waals surface area contributed by atoms with Crippen molar-refractivity contribution in [2.45, 2.75) is 26.4 Å². The molecule has 1 N–H and O–H groups in total. The van der Waals surface area contributed by atoms with Gasteiger partial charge in [0.05, 0.1) is 24.4 Å². The van der Waals surface area contributed by atoms with E-state index in [1.165, 1.54) is 5.01 Å². The Morgan fingerprint density at radius 3 is 2.32 bits per heavy atom. The molecule has 0 fully saturated rings. The van der Waals surface area contributed by atoms with E-state index in [0.717, 1.165) is 6.07 Å². The molecule has 200 valence electrons. The summed E-state index contributed by atoms with van der Waals surface area (Å²) >= 11 is 5.93. The van der Waals surface area contributed by atoms with Crippen molar-refractivity contribution in [1.82, 2.24) is 5.01 Å². The van der Waals surface area contributed by atoms with Gasteiger partial charge in [0.2, 0.25) is 5.91 Å².